The number of terminal acetylenes is 1. The lowest BCUT2D eigenvalue weighted by molar-refractivity contribution is -0.150. The van der Waals surface area contributed by atoms with Gasteiger partial charge in [0.2, 0.25) is 5.91 Å². The molecule has 2 rings (SSSR count). The van der Waals surface area contributed by atoms with Gasteiger partial charge in [0.15, 0.2) is 22.6 Å². The van der Waals surface area contributed by atoms with Crippen LogP contribution in [0.3, 0.4) is 0 Å². The Morgan fingerprint density at radius 3 is 2.28 bits per heavy atom. The Balaban J connectivity index is 1.86. The van der Waals surface area contributed by atoms with Crippen molar-refractivity contribution in [1.82, 2.24) is 19.5 Å². The molecule has 0 aromatic carbocycles. The van der Waals surface area contributed by atoms with Crippen LogP contribution in [0.5, 0.6) is 0 Å². The highest BCUT2D eigenvalue weighted by atomic mass is 19.1. The fourth-order valence-electron chi connectivity index (χ4n) is 4.32. The van der Waals surface area contributed by atoms with E-state index >= 15 is 0 Å². The summed E-state index contributed by atoms with van der Waals surface area (Å²) >= 11 is 0. The van der Waals surface area contributed by atoms with Crippen LogP contribution in [0.2, 0.25) is 0 Å². The molecule has 0 spiro atoms. The second kappa shape index (κ2) is 17.5. The zero-order valence-electron chi connectivity index (χ0n) is 23.8. The van der Waals surface area contributed by atoms with E-state index in [0.29, 0.717) is 6.42 Å². The molecule has 0 radical (unpaired) electrons. The number of rotatable bonds is 20. The number of unbranched alkanes of at least 4 members (excludes halogenated alkanes) is 10. The normalized spacial score (nSPS) is 12.7. The van der Waals surface area contributed by atoms with Crippen LogP contribution in [-0.4, -0.2) is 50.7 Å². The van der Waals surface area contributed by atoms with Gasteiger partial charge in [-0.25, -0.2) is 4.98 Å². The number of carbonyl (C=O) groups excluding carboxylic acids is 2. The summed E-state index contributed by atoms with van der Waals surface area (Å²) in [4.78, 5) is 36.0. The zero-order chi connectivity index (χ0) is 28.5. The van der Waals surface area contributed by atoms with Gasteiger partial charge in [0, 0.05) is 32.9 Å². The van der Waals surface area contributed by atoms with E-state index in [4.69, 9.17) is 15.9 Å². The van der Waals surface area contributed by atoms with Crippen LogP contribution >= 0.6 is 0 Å². The van der Waals surface area contributed by atoms with Crippen LogP contribution in [-0.2, 0) is 25.6 Å². The number of fused-ring (bicyclic) bond motifs is 1. The molecular formula is C29H44FN5O4. The van der Waals surface area contributed by atoms with Gasteiger partial charge in [-0.05, 0) is 6.42 Å². The molecule has 39 heavy (non-hydrogen) atoms. The number of amides is 1. The minimum Gasteiger partial charge on any atom is -0.462 e. The minimum atomic E-state index is -1.15. The summed E-state index contributed by atoms with van der Waals surface area (Å²) in [6.07, 6.45) is 20.2. The molecule has 0 saturated heterocycles. The van der Waals surface area contributed by atoms with Crippen molar-refractivity contribution in [3.63, 3.8) is 0 Å². The lowest BCUT2D eigenvalue weighted by Gasteiger charge is -2.26. The maximum absolute atomic E-state index is 14.3. The number of hydrogen-bond donors (Lipinski definition) is 1. The molecule has 1 amide bonds. The van der Waals surface area contributed by atoms with Crippen LogP contribution in [0.4, 0.5) is 10.2 Å². The molecule has 2 aromatic heterocycles. The zero-order valence-corrected chi connectivity index (χ0v) is 23.8. The van der Waals surface area contributed by atoms with Crippen molar-refractivity contribution < 1.29 is 23.5 Å². The number of imidazole rings is 1. The number of aryl methyl sites for hydroxylation is 1. The lowest BCUT2D eigenvalue weighted by Crippen LogP contribution is -2.37. The summed E-state index contributed by atoms with van der Waals surface area (Å²) in [6, 6.07) is 0. The maximum Gasteiger partial charge on any atom is 0.312 e. The molecule has 0 fully saturated rings. The third-order valence-electron chi connectivity index (χ3n) is 6.87. The first-order valence-corrected chi connectivity index (χ1v) is 14.2. The predicted molar refractivity (Wildman–Crippen MR) is 149 cm³/mol. The maximum atomic E-state index is 14.3. The van der Waals surface area contributed by atoms with Crippen LogP contribution in [0.25, 0.3) is 11.2 Å². The summed E-state index contributed by atoms with van der Waals surface area (Å²) < 4.78 is 26.5. The van der Waals surface area contributed by atoms with E-state index in [1.807, 2.05) is 0 Å². The van der Waals surface area contributed by atoms with Gasteiger partial charge in [0.05, 0.1) is 6.33 Å². The van der Waals surface area contributed by atoms with E-state index < -0.39 is 11.7 Å². The van der Waals surface area contributed by atoms with Gasteiger partial charge >= 0.3 is 12.0 Å². The van der Waals surface area contributed by atoms with Gasteiger partial charge in [-0.1, -0.05) is 84.0 Å². The number of ether oxygens (including phenoxy) is 2. The van der Waals surface area contributed by atoms with E-state index in [1.54, 1.807) is 11.5 Å². The summed E-state index contributed by atoms with van der Waals surface area (Å²) in [5.74, 6) is 1.97. The minimum absolute atomic E-state index is 0.0381. The van der Waals surface area contributed by atoms with Gasteiger partial charge < -0.3 is 19.4 Å². The number of aromatic nitrogens is 4. The highest BCUT2D eigenvalue weighted by molar-refractivity contribution is 5.96. The Morgan fingerprint density at radius 2 is 1.69 bits per heavy atom. The number of methoxy groups -OCH3 is 1. The van der Waals surface area contributed by atoms with Crippen molar-refractivity contribution in [3.8, 4) is 12.3 Å². The molecule has 2 heterocycles. The molecule has 0 aliphatic carbocycles. The van der Waals surface area contributed by atoms with Crippen molar-refractivity contribution >= 4 is 28.9 Å². The Hall–Kier alpha value is -3.06. The number of nitrogens with one attached hydrogen (secondary N) is 1. The third kappa shape index (κ3) is 10.9. The highest BCUT2D eigenvalue weighted by Gasteiger charge is 2.30. The Kier molecular flexibility index (Phi) is 14.4. The number of halogens is 1. The molecule has 9 nitrogen and oxygen atoms in total. The Bertz CT molecular complexity index is 1080. The molecule has 0 aliphatic rings. The molecule has 0 bridgehead atoms. The molecule has 1 unspecified atom stereocenters. The molecule has 1 N–H and O–H groups in total. The van der Waals surface area contributed by atoms with E-state index in [-0.39, 0.29) is 54.9 Å². The number of esters is 1. The molecule has 10 heteroatoms. The molecule has 1 atom stereocenters. The van der Waals surface area contributed by atoms with Crippen LogP contribution < -0.4 is 5.32 Å². The summed E-state index contributed by atoms with van der Waals surface area (Å²) in [6.45, 7) is 4.07. The van der Waals surface area contributed by atoms with Gasteiger partial charge in [0.25, 0.3) is 0 Å². The second-order valence-electron chi connectivity index (χ2n) is 9.89. The summed E-state index contributed by atoms with van der Waals surface area (Å²) in [7, 11) is 1.44. The van der Waals surface area contributed by atoms with Gasteiger partial charge in [-0.15, -0.1) is 6.42 Å². The average Bonchev–Trinajstić information content (AvgIpc) is 3.34. The van der Waals surface area contributed by atoms with Crippen LogP contribution in [0.1, 0.15) is 104 Å². The monoisotopic (exact) mass is 545 g/mol. The average molecular weight is 546 g/mol. The smallest absolute Gasteiger partial charge is 0.312 e. The molecule has 0 aliphatic heterocycles. The molecule has 216 valence electrons. The van der Waals surface area contributed by atoms with E-state index in [9.17, 15) is 14.0 Å². The largest absolute Gasteiger partial charge is 0.462 e. The fourth-order valence-corrected chi connectivity index (χ4v) is 4.32. The van der Waals surface area contributed by atoms with E-state index in [0.717, 1.165) is 19.3 Å². The van der Waals surface area contributed by atoms with Gasteiger partial charge in [0.1, 0.15) is 6.61 Å². The van der Waals surface area contributed by atoms with E-state index in [2.05, 4.69) is 33.1 Å². The second-order valence-corrected chi connectivity index (χ2v) is 9.89. The Morgan fingerprint density at radius 1 is 1.05 bits per heavy atom. The molecule has 0 saturated carbocycles. The molecule has 2 aromatic rings. The number of hydrogen-bond acceptors (Lipinski definition) is 7. The van der Waals surface area contributed by atoms with Gasteiger partial charge in [-0.3, -0.25) is 9.59 Å². The van der Waals surface area contributed by atoms with Crippen molar-refractivity contribution in [2.24, 2.45) is 0 Å². The van der Waals surface area contributed by atoms with Gasteiger partial charge in [-0.2, -0.15) is 14.4 Å². The van der Waals surface area contributed by atoms with E-state index in [1.165, 1.54) is 64.8 Å². The standard InChI is InChI=1S/C29H44FN5O4/c1-5-8-9-10-11-12-13-14-15-16-17-18-23(36)32-26-25-27(34-28(30)33-26)35(22-31-25)20-19-29(7-3,38-4)21-39-24(37)6-2/h3,22H,5-6,8-21H2,1-2,4H3,(H,32,33,34,36). The third-order valence-corrected chi connectivity index (χ3v) is 6.87. The van der Waals surface area contributed by atoms with Crippen molar-refractivity contribution in [2.45, 2.75) is 116 Å². The summed E-state index contributed by atoms with van der Waals surface area (Å²) in [5, 5.41) is 2.69. The highest BCUT2D eigenvalue weighted by Crippen LogP contribution is 2.22. The number of anilines is 1. The number of nitrogens with zero attached hydrogens (tertiary/aromatic N) is 4. The predicted octanol–water partition coefficient (Wildman–Crippen LogP) is 5.97. The van der Waals surface area contributed by atoms with Crippen molar-refractivity contribution in [2.75, 3.05) is 19.0 Å². The lowest BCUT2D eigenvalue weighted by atomic mass is 10.0. The Labute approximate surface area is 231 Å². The van der Waals surface area contributed by atoms with Crippen LogP contribution in [0, 0.1) is 18.4 Å². The first-order valence-electron chi connectivity index (χ1n) is 14.2. The quantitative estimate of drug-likeness (QED) is 0.0945. The fraction of sp³-hybridized carbons (Fsp3) is 0.690. The molecular weight excluding hydrogens is 501 g/mol. The SMILES string of the molecule is C#CC(CCn1cnc2c(NC(=O)CCCCCCCCCCCCC)nc(F)nc21)(COC(=O)CC)OC. The van der Waals surface area contributed by atoms with Crippen molar-refractivity contribution in [1.29, 1.82) is 0 Å². The van der Waals surface area contributed by atoms with Crippen LogP contribution in [0.15, 0.2) is 6.33 Å². The number of carbonyl (C=O) groups is 2. The first-order chi connectivity index (χ1) is 18.9. The first kappa shape index (κ1) is 32.2. The topological polar surface area (TPSA) is 108 Å². The van der Waals surface area contributed by atoms with Crippen molar-refractivity contribution in [3.05, 3.63) is 12.4 Å². The summed E-state index contributed by atoms with van der Waals surface area (Å²) in [5.41, 5.74) is -0.650.